The van der Waals surface area contributed by atoms with Crippen LogP contribution in [0.4, 0.5) is 0 Å². The van der Waals surface area contributed by atoms with Crippen LogP contribution in [-0.2, 0) is 0 Å². The summed E-state index contributed by atoms with van der Waals surface area (Å²) in [6.07, 6.45) is 24.1. The highest BCUT2D eigenvalue weighted by Gasteiger charge is 1.87. The van der Waals surface area contributed by atoms with Crippen molar-refractivity contribution in [2.75, 3.05) is 0 Å². The van der Waals surface area contributed by atoms with Gasteiger partial charge in [0.2, 0.25) is 0 Å². The Labute approximate surface area is 109 Å². The molecule has 0 heteroatoms. The number of rotatable bonds is 12. The zero-order valence-electron chi connectivity index (χ0n) is 11.7. The van der Waals surface area contributed by atoms with Crippen molar-refractivity contribution in [1.29, 1.82) is 0 Å². The molecule has 0 aliphatic heterocycles. The Bertz CT molecular complexity index is 198. The Morgan fingerprint density at radius 2 is 1.24 bits per heavy atom. The van der Waals surface area contributed by atoms with Crippen LogP contribution in [0.1, 0.15) is 71.1 Å². The summed E-state index contributed by atoms with van der Waals surface area (Å²) in [5.41, 5.74) is 0. The molecule has 98 valence electrons. The fraction of sp³-hybridized carbons (Fsp3) is 0.647. The van der Waals surface area contributed by atoms with Gasteiger partial charge in [-0.25, -0.2) is 0 Å². The van der Waals surface area contributed by atoms with E-state index in [4.69, 9.17) is 0 Å². The van der Waals surface area contributed by atoms with Crippen molar-refractivity contribution in [2.24, 2.45) is 0 Å². The summed E-state index contributed by atoms with van der Waals surface area (Å²) < 4.78 is 0. The van der Waals surface area contributed by atoms with Gasteiger partial charge in [-0.1, -0.05) is 69.6 Å². The molecule has 0 aromatic carbocycles. The molecule has 0 saturated heterocycles. The van der Waals surface area contributed by atoms with Crippen molar-refractivity contribution in [1.82, 2.24) is 0 Å². The van der Waals surface area contributed by atoms with E-state index >= 15 is 0 Å². The monoisotopic (exact) mass is 234 g/mol. The van der Waals surface area contributed by atoms with Gasteiger partial charge in [0.25, 0.3) is 0 Å². The van der Waals surface area contributed by atoms with E-state index in [1.165, 1.54) is 64.2 Å². The lowest BCUT2D eigenvalue weighted by Crippen LogP contribution is -1.76. The van der Waals surface area contributed by atoms with Crippen LogP contribution in [0.15, 0.2) is 37.0 Å². The van der Waals surface area contributed by atoms with Crippen LogP contribution in [0.2, 0.25) is 0 Å². The highest BCUT2D eigenvalue weighted by molar-refractivity contribution is 4.96. The van der Waals surface area contributed by atoms with Crippen LogP contribution >= 0.6 is 0 Å². The summed E-state index contributed by atoms with van der Waals surface area (Å²) in [5.74, 6) is 0. The zero-order valence-corrected chi connectivity index (χ0v) is 11.7. The maximum Gasteiger partial charge on any atom is -0.0348 e. The molecular formula is C17H30. The van der Waals surface area contributed by atoms with Crippen LogP contribution in [0.25, 0.3) is 0 Å². The molecule has 0 radical (unpaired) electrons. The Morgan fingerprint density at radius 3 is 1.82 bits per heavy atom. The Balaban J connectivity index is 3.09. The van der Waals surface area contributed by atoms with Gasteiger partial charge in [-0.05, 0) is 38.5 Å². The van der Waals surface area contributed by atoms with Gasteiger partial charge in [-0.3, -0.25) is 0 Å². The van der Waals surface area contributed by atoms with E-state index in [0.717, 1.165) is 0 Å². The highest BCUT2D eigenvalue weighted by Crippen LogP contribution is 2.06. The largest absolute Gasteiger partial charge is 0.0991 e. The Kier molecular flexibility index (Phi) is 14.5. The average molecular weight is 234 g/mol. The molecular weight excluding hydrogens is 204 g/mol. The topological polar surface area (TPSA) is 0 Å². The Morgan fingerprint density at radius 1 is 0.706 bits per heavy atom. The van der Waals surface area contributed by atoms with E-state index in [2.05, 4.69) is 31.7 Å². The van der Waals surface area contributed by atoms with Crippen LogP contribution in [0.3, 0.4) is 0 Å². The summed E-state index contributed by atoms with van der Waals surface area (Å²) in [5, 5.41) is 0. The molecule has 0 aliphatic carbocycles. The maximum atomic E-state index is 3.66. The number of unbranched alkanes of at least 4 members (excludes halogenated alkanes) is 8. The molecule has 0 aromatic rings. The van der Waals surface area contributed by atoms with Gasteiger partial charge in [-0.2, -0.15) is 0 Å². The zero-order chi connectivity index (χ0) is 12.6. The molecule has 0 aromatic heterocycles. The minimum atomic E-state index is 1.19. The molecule has 0 N–H and O–H groups in total. The first-order chi connectivity index (χ1) is 8.41. The third-order valence-corrected chi connectivity index (χ3v) is 2.90. The summed E-state index contributed by atoms with van der Waals surface area (Å²) in [4.78, 5) is 0. The Hall–Kier alpha value is -0.780. The van der Waals surface area contributed by atoms with Gasteiger partial charge in [-0.15, -0.1) is 0 Å². The van der Waals surface area contributed by atoms with Gasteiger partial charge < -0.3 is 0 Å². The lowest BCUT2D eigenvalue weighted by Gasteiger charge is -1.96. The number of hydrogen-bond acceptors (Lipinski definition) is 0. The molecule has 0 nitrogen and oxygen atoms in total. The summed E-state index contributed by atoms with van der Waals surface area (Å²) >= 11 is 0. The van der Waals surface area contributed by atoms with Crippen LogP contribution in [-0.4, -0.2) is 0 Å². The van der Waals surface area contributed by atoms with Gasteiger partial charge in [0.15, 0.2) is 0 Å². The third-order valence-electron chi connectivity index (χ3n) is 2.90. The minimum Gasteiger partial charge on any atom is -0.0991 e. The summed E-state index contributed by atoms with van der Waals surface area (Å²) in [6, 6.07) is 0. The van der Waals surface area contributed by atoms with E-state index in [1.807, 2.05) is 12.2 Å². The first-order valence-electron chi connectivity index (χ1n) is 7.34. The smallest absolute Gasteiger partial charge is 0.0348 e. The van der Waals surface area contributed by atoms with Crippen molar-refractivity contribution in [2.45, 2.75) is 71.1 Å². The third kappa shape index (κ3) is 15.2. The first-order valence-corrected chi connectivity index (χ1v) is 7.34. The average Bonchev–Trinajstić information content (AvgIpc) is 2.35. The van der Waals surface area contributed by atoms with Gasteiger partial charge >= 0.3 is 0 Å². The second kappa shape index (κ2) is 15.2. The summed E-state index contributed by atoms with van der Waals surface area (Å²) in [7, 11) is 0. The van der Waals surface area contributed by atoms with Crippen molar-refractivity contribution in [3.63, 3.8) is 0 Å². The van der Waals surface area contributed by atoms with Crippen molar-refractivity contribution < 1.29 is 0 Å². The maximum absolute atomic E-state index is 3.66. The number of allylic oxidation sites excluding steroid dienone is 5. The predicted molar refractivity (Wildman–Crippen MR) is 80.3 cm³/mol. The molecule has 0 amide bonds. The molecule has 0 rings (SSSR count). The molecule has 0 bridgehead atoms. The standard InChI is InChI=1S/C17H30/c1-3-5-7-9-11-13-15-17-16-14-12-10-8-6-4-2/h3,5,7,16-17H,1,4,6,8-15H2,2H3/b7-5-,17-16?. The first kappa shape index (κ1) is 16.2. The van der Waals surface area contributed by atoms with Crippen molar-refractivity contribution in [3.05, 3.63) is 37.0 Å². The molecule has 0 aliphatic rings. The van der Waals surface area contributed by atoms with Crippen LogP contribution < -0.4 is 0 Å². The van der Waals surface area contributed by atoms with E-state index in [1.54, 1.807) is 0 Å². The van der Waals surface area contributed by atoms with E-state index in [0.29, 0.717) is 0 Å². The normalized spacial score (nSPS) is 11.6. The lowest BCUT2D eigenvalue weighted by atomic mass is 10.1. The summed E-state index contributed by atoms with van der Waals surface area (Å²) in [6.45, 7) is 5.93. The fourth-order valence-electron chi connectivity index (χ4n) is 1.82. The molecule has 0 unspecified atom stereocenters. The molecule has 0 spiro atoms. The molecule has 17 heavy (non-hydrogen) atoms. The van der Waals surface area contributed by atoms with E-state index < -0.39 is 0 Å². The van der Waals surface area contributed by atoms with Gasteiger partial charge in [0, 0.05) is 0 Å². The molecule has 0 atom stereocenters. The molecule has 0 saturated carbocycles. The van der Waals surface area contributed by atoms with Gasteiger partial charge in [0.1, 0.15) is 0 Å². The van der Waals surface area contributed by atoms with Crippen molar-refractivity contribution in [3.8, 4) is 0 Å². The second-order valence-corrected chi connectivity index (χ2v) is 4.62. The van der Waals surface area contributed by atoms with E-state index in [-0.39, 0.29) is 0 Å². The molecule has 0 heterocycles. The number of hydrogen-bond donors (Lipinski definition) is 0. The fourth-order valence-corrected chi connectivity index (χ4v) is 1.82. The van der Waals surface area contributed by atoms with Crippen molar-refractivity contribution >= 4 is 0 Å². The minimum absolute atomic E-state index is 1.19. The lowest BCUT2D eigenvalue weighted by molar-refractivity contribution is 0.636. The quantitative estimate of drug-likeness (QED) is 0.214. The predicted octanol–water partition coefficient (Wildman–Crippen LogP) is 6.21. The van der Waals surface area contributed by atoms with E-state index in [9.17, 15) is 0 Å². The van der Waals surface area contributed by atoms with Crippen LogP contribution in [0.5, 0.6) is 0 Å². The van der Waals surface area contributed by atoms with Gasteiger partial charge in [0.05, 0.1) is 0 Å². The second-order valence-electron chi connectivity index (χ2n) is 4.62. The molecule has 0 fully saturated rings. The highest BCUT2D eigenvalue weighted by atomic mass is 13.9. The SMILES string of the molecule is C=C/C=C\CCCCC=CCCCCCCC. The van der Waals surface area contributed by atoms with Crippen LogP contribution in [0, 0.1) is 0 Å².